The van der Waals surface area contributed by atoms with Gasteiger partial charge in [0.1, 0.15) is 0 Å². The Labute approximate surface area is 107 Å². The Balaban J connectivity index is 2.03. The highest BCUT2D eigenvalue weighted by Gasteiger charge is 2.17. The molecule has 98 valence electrons. The summed E-state index contributed by atoms with van der Waals surface area (Å²) in [5, 5.41) is 2.94. The third-order valence-electron chi connectivity index (χ3n) is 3.04. The lowest BCUT2D eigenvalue weighted by Crippen LogP contribution is -2.41. The van der Waals surface area contributed by atoms with Gasteiger partial charge >= 0.3 is 0 Å². The standard InChI is InChI=1S/C13H18N2O3/c1-9(14-2)13(16)15(3)7-10-4-5-11-12(6-10)18-8-17-11/h4-6,9,14H,7-8H2,1-3H3. The Hall–Kier alpha value is -1.75. The monoisotopic (exact) mass is 250 g/mol. The molecule has 18 heavy (non-hydrogen) atoms. The molecule has 0 bridgehead atoms. The van der Waals surface area contributed by atoms with Crippen molar-refractivity contribution in [2.75, 3.05) is 20.9 Å². The molecule has 1 heterocycles. The van der Waals surface area contributed by atoms with Crippen LogP contribution >= 0.6 is 0 Å². The zero-order valence-electron chi connectivity index (χ0n) is 10.9. The molecule has 0 aromatic heterocycles. The van der Waals surface area contributed by atoms with Gasteiger partial charge in [-0.3, -0.25) is 4.79 Å². The first kappa shape index (κ1) is 12.7. The van der Waals surface area contributed by atoms with E-state index in [0.29, 0.717) is 6.54 Å². The molecule has 1 N–H and O–H groups in total. The van der Waals surface area contributed by atoms with E-state index in [2.05, 4.69) is 5.32 Å². The summed E-state index contributed by atoms with van der Waals surface area (Å²) in [6.07, 6.45) is 0. The third kappa shape index (κ3) is 2.56. The summed E-state index contributed by atoms with van der Waals surface area (Å²) in [6, 6.07) is 5.55. The predicted octanol–water partition coefficient (Wildman–Crippen LogP) is 0.982. The Bertz CT molecular complexity index is 448. The summed E-state index contributed by atoms with van der Waals surface area (Å²) < 4.78 is 10.6. The van der Waals surface area contributed by atoms with Crippen LogP contribution < -0.4 is 14.8 Å². The first-order chi connectivity index (χ1) is 8.61. The van der Waals surface area contributed by atoms with Gasteiger partial charge in [0.25, 0.3) is 0 Å². The van der Waals surface area contributed by atoms with E-state index in [1.54, 1.807) is 19.0 Å². The Morgan fingerprint density at radius 2 is 2.17 bits per heavy atom. The average Bonchev–Trinajstić information content (AvgIpc) is 2.84. The molecule has 0 saturated heterocycles. The van der Waals surface area contributed by atoms with Gasteiger partial charge in [-0.25, -0.2) is 0 Å². The molecule has 0 fully saturated rings. The smallest absolute Gasteiger partial charge is 0.239 e. The first-order valence-corrected chi connectivity index (χ1v) is 5.92. The normalized spacial score (nSPS) is 14.4. The second kappa shape index (κ2) is 5.27. The maximum absolute atomic E-state index is 11.9. The zero-order valence-corrected chi connectivity index (χ0v) is 10.9. The van der Waals surface area contributed by atoms with Crippen LogP contribution in [0.2, 0.25) is 0 Å². The second-order valence-corrected chi connectivity index (χ2v) is 4.39. The lowest BCUT2D eigenvalue weighted by Gasteiger charge is -2.21. The largest absolute Gasteiger partial charge is 0.454 e. The van der Waals surface area contributed by atoms with Crippen molar-refractivity contribution in [1.82, 2.24) is 10.2 Å². The highest BCUT2D eigenvalue weighted by atomic mass is 16.7. The fourth-order valence-corrected chi connectivity index (χ4v) is 1.85. The minimum absolute atomic E-state index is 0.0650. The van der Waals surface area contributed by atoms with Crippen molar-refractivity contribution in [1.29, 1.82) is 0 Å². The van der Waals surface area contributed by atoms with Gasteiger partial charge in [0, 0.05) is 13.6 Å². The van der Waals surface area contributed by atoms with Crippen LogP contribution in [0.3, 0.4) is 0 Å². The van der Waals surface area contributed by atoms with E-state index in [9.17, 15) is 4.79 Å². The molecule has 0 saturated carbocycles. The van der Waals surface area contributed by atoms with E-state index in [-0.39, 0.29) is 18.7 Å². The first-order valence-electron chi connectivity index (χ1n) is 5.92. The molecule has 1 unspecified atom stereocenters. The number of carbonyl (C=O) groups is 1. The van der Waals surface area contributed by atoms with Crippen molar-refractivity contribution in [2.24, 2.45) is 0 Å². The summed E-state index contributed by atoms with van der Waals surface area (Å²) in [7, 11) is 3.57. The second-order valence-electron chi connectivity index (χ2n) is 4.39. The number of amides is 1. The van der Waals surface area contributed by atoms with Gasteiger partial charge in [-0.2, -0.15) is 0 Å². The van der Waals surface area contributed by atoms with Crippen LogP contribution in [0.1, 0.15) is 12.5 Å². The number of hydrogen-bond acceptors (Lipinski definition) is 4. The fourth-order valence-electron chi connectivity index (χ4n) is 1.85. The topological polar surface area (TPSA) is 50.8 Å². The van der Waals surface area contributed by atoms with Crippen LogP contribution in [0.15, 0.2) is 18.2 Å². The van der Waals surface area contributed by atoms with Crippen LogP contribution in [-0.4, -0.2) is 37.7 Å². The fraction of sp³-hybridized carbons (Fsp3) is 0.462. The van der Waals surface area contributed by atoms with E-state index in [0.717, 1.165) is 17.1 Å². The zero-order chi connectivity index (χ0) is 13.1. The molecule has 1 atom stereocenters. The lowest BCUT2D eigenvalue weighted by molar-refractivity contribution is -0.132. The van der Waals surface area contributed by atoms with Crippen molar-refractivity contribution in [2.45, 2.75) is 19.5 Å². The number of nitrogens with zero attached hydrogens (tertiary/aromatic N) is 1. The average molecular weight is 250 g/mol. The van der Waals surface area contributed by atoms with Gasteiger partial charge in [-0.1, -0.05) is 6.07 Å². The molecule has 5 heteroatoms. The molecule has 1 aliphatic heterocycles. The van der Waals surface area contributed by atoms with Crippen molar-refractivity contribution in [3.8, 4) is 11.5 Å². The van der Waals surface area contributed by atoms with E-state index < -0.39 is 0 Å². The molecule has 2 rings (SSSR count). The van der Waals surface area contributed by atoms with Crippen molar-refractivity contribution in [3.05, 3.63) is 23.8 Å². The van der Waals surface area contributed by atoms with Gasteiger partial charge in [0.2, 0.25) is 12.7 Å². The van der Waals surface area contributed by atoms with Crippen LogP contribution in [0.5, 0.6) is 11.5 Å². The molecule has 1 aromatic rings. The number of ether oxygens (including phenoxy) is 2. The molecule has 0 spiro atoms. The summed E-state index contributed by atoms with van der Waals surface area (Å²) in [5.41, 5.74) is 1.03. The maximum atomic E-state index is 11.9. The number of fused-ring (bicyclic) bond motifs is 1. The minimum Gasteiger partial charge on any atom is -0.454 e. The van der Waals surface area contributed by atoms with E-state index in [4.69, 9.17) is 9.47 Å². The third-order valence-corrected chi connectivity index (χ3v) is 3.04. The number of carbonyl (C=O) groups excluding carboxylic acids is 1. The Morgan fingerprint density at radius 1 is 1.44 bits per heavy atom. The van der Waals surface area contributed by atoms with Crippen LogP contribution in [0.4, 0.5) is 0 Å². The summed E-state index contributed by atoms with van der Waals surface area (Å²) >= 11 is 0. The van der Waals surface area contributed by atoms with Crippen molar-refractivity contribution < 1.29 is 14.3 Å². The molecule has 1 aromatic carbocycles. The van der Waals surface area contributed by atoms with Crippen LogP contribution in [-0.2, 0) is 11.3 Å². The Kier molecular flexibility index (Phi) is 3.72. The van der Waals surface area contributed by atoms with Gasteiger partial charge in [-0.05, 0) is 31.7 Å². The number of benzene rings is 1. The van der Waals surface area contributed by atoms with Gasteiger partial charge in [0.15, 0.2) is 11.5 Å². The Morgan fingerprint density at radius 3 is 2.89 bits per heavy atom. The van der Waals surface area contributed by atoms with E-state index in [1.807, 2.05) is 25.1 Å². The quantitative estimate of drug-likeness (QED) is 0.865. The van der Waals surface area contributed by atoms with Gasteiger partial charge in [0.05, 0.1) is 6.04 Å². The van der Waals surface area contributed by atoms with Crippen molar-refractivity contribution in [3.63, 3.8) is 0 Å². The van der Waals surface area contributed by atoms with E-state index in [1.165, 1.54) is 0 Å². The lowest BCUT2D eigenvalue weighted by atomic mass is 10.2. The maximum Gasteiger partial charge on any atom is 0.239 e. The van der Waals surface area contributed by atoms with E-state index >= 15 is 0 Å². The number of hydrogen-bond donors (Lipinski definition) is 1. The molecule has 0 radical (unpaired) electrons. The summed E-state index contributed by atoms with van der Waals surface area (Å²) in [6.45, 7) is 2.67. The van der Waals surface area contributed by atoms with Crippen LogP contribution in [0.25, 0.3) is 0 Å². The molecule has 5 nitrogen and oxygen atoms in total. The molecule has 1 aliphatic rings. The SMILES string of the molecule is CNC(C)C(=O)N(C)Cc1ccc2c(c1)OCO2. The summed E-state index contributed by atoms with van der Waals surface area (Å²) in [4.78, 5) is 13.6. The molecule has 1 amide bonds. The highest BCUT2D eigenvalue weighted by Crippen LogP contribution is 2.32. The molecular weight excluding hydrogens is 232 g/mol. The van der Waals surface area contributed by atoms with Gasteiger partial charge in [-0.15, -0.1) is 0 Å². The number of likely N-dealkylation sites (N-methyl/N-ethyl adjacent to an activating group) is 2. The van der Waals surface area contributed by atoms with Crippen molar-refractivity contribution >= 4 is 5.91 Å². The number of rotatable bonds is 4. The number of nitrogens with one attached hydrogen (secondary N) is 1. The molecular formula is C13H18N2O3. The van der Waals surface area contributed by atoms with Crippen LogP contribution in [0, 0.1) is 0 Å². The predicted molar refractivity (Wildman–Crippen MR) is 67.6 cm³/mol. The van der Waals surface area contributed by atoms with Gasteiger partial charge < -0.3 is 19.7 Å². The highest BCUT2D eigenvalue weighted by molar-refractivity contribution is 5.81. The minimum atomic E-state index is -0.177. The molecule has 0 aliphatic carbocycles. The summed E-state index contributed by atoms with van der Waals surface area (Å²) in [5.74, 6) is 1.57.